The molecule has 0 radical (unpaired) electrons. The number of nitrogens with two attached hydrogens (primary N) is 1. The van der Waals surface area contributed by atoms with Crippen molar-refractivity contribution in [3.8, 4) is 11.1 Å². The predicted molar refractivity (Wildman–Crippen MR) is 136 cm³/mol. The molecule has 2 amide bonds. The van der Waals surface area contributed by atoms with Gasteiger partial charge in [0, 0.05) is 23.2 Å². The van der Waals surface area contributed by atoms with E-state index in [1.807, 2.05) is 6.07 Å². The molecule has 37 heavy (non-hydrogen) atoms. The van der Waals surface area contributed by atoms with E-state index in [1.54, 1.807) is 48.5 Å². The number of imide groups is 1. The van der Waals surface area contributed by atoms with Gasteiger partial charge in [-0.1, -0.05) is 66.2 Å². The fourth-order valence-electron chi connectivity index (χ4n) is 4.58. The number of hydrogen-bond acceptors (Lipinski definition) is 5. The molecule has 3 N–H and O–H groups in total. The Kier molecular flexibility index (Phi) is 7.90. The lowest BCUT2D eigenvalue weighted by molar-refractivity contribution is -0.156. The average molecular weight is 525 g/mol. The molecule has 1 heterocycles. The lowest BCUT2D eigenvalue weighted by Gasteiger charge is -2.26. The zero-order valence-electron chi connectivity index (χ0n) is 19.9. The van der Waals surface area contributed by atoms with Crippen molar-refractivity contribution in [2.75, 3.05) is 6.54 Å². The number of carbonyl (C=O) groups is 3. The molecule has 1 unspecified atom stereocenters. The Balaban J connectivity index is 1.40. The van der Waals surface area contributed by atoms with Crippen LogP contribution in [-0.4, -0.2) is 40.6 Å². The maximum atomic E-state index is 14.2. The predicted octanol–water partition coefficient (Wildman–Crippen LogP) is 5.05. The van der Waals surface area contributed by atoms with Crippen molar-refractivity contribution >= 4 is 29.6 Å². The van der Waals surface area contributed by atoms with Gasteiger partial charge in [0.25, 0.3) is 0 Å². The molecule has 1 saturated heterocycles. The van der Waals surface area contributed by atoms with E-state index in [-0.39, 0.29) is 26.0 Å². The highest BCUT2D eigenvalue weighted by Gasteiger charge is 2.55. The first-order valence-corrected chi connectivity index (χ1v) is 12.1. The van der Waals surface area contributed by atoms with Gasteiger partial charge in [0.05, 0.1) is 0 Å². The second kappa shape index (κ2) is 11.1. The summed E-state index contributed by atoms with van der Waals surface area (Å²) in [7, 11) is 0. The number of aliphatic carboxylic acids is 1. The Morgan fingerprint density at radius 3 is 2.46 bits per heavy atom. The number of amides is 2. The van der Waals surface area contributed by atoms with Crippen LogP contribution >= 0.6 is 11.6 Å². The van der Waals surface area contributed by atoms with Crippen molar-refractivity contribution in [3.05, 3.63) is 94.8 Å². The van der Waals surface area contributed by atoms with Crippen molar-refractivity contribution < 1.29 is 28.6 Å². The topological polar surface area (TPSA) is 110 Å². The Bertz CT molecular complexity index is 1300. The Morgan fingerprint density at radius 2 is 1.78 bits per heavy atom. The van der Waals surface area contributed by atoms with Gasteiger partial charge >= 0.3 is 12.1 Å². The van der Waals surface area contributed by atoms with Gasteiger partial charge in [0.2, 0.25) is 5.91 Å². The summed E-state index contributed by atoms with van der Waals surface area (Å²) >= 11 is 5.98. The molecule has 3 aromatic carbocycles. The molecule has 0 aliphatic carbocycles. The molecule has 0 saturated carbocycles. The van der Waals surface area contributed by atoms with Crippen LogP contribution in [0.1, 0.15) is 24.0 Å². The van der Waals surface area contributed by atoms with E-state index in [0.29, 0.717) is 22.6 Å². The van der Waals surface area contributed by atoms with Crippen molar-refractivity contribution in [3.63, 3.8) is 0 Å². The van der Waals surface area contributed by atoms with Crippen LogP contribution in [0.4, 0.5) is 9.18 Å². The van der Waals surface area contributed by atoms with E-state index in [2.05, 4.69) is 0 Å². The number of carboxylic acid groups (broad SMARTS) is 1. The number of rotatable bonds is 8. The first-order valence-electron chi connectivity index (χ1n) is 11.8. The lowest BCUT2D eigenvalue weighted by Crippen LogP contribution is -2.46. The highest BCUT2D eigenvalue weighted by molar-refractivity contribution is 6.30. The Labute approximate surface area is 218 Å². The highest BCUT2D eigenvalue weighted by atomic mass is 35.5. The van der Waals surface area contributed by atoms with Crippen LogP contribution in [0.3, 0.4) is 0 Å². The second-order valence-corrected chi connectivity index (χ2v) is 9.56. The largest absolute Gasteiger partial charge is 0.480 e. The summed E-state index contributed by atoms with van der Waals surface area (Å²) < 4.78 is 19.4. The minimum absolute atomic E-state index is 0.0296. The molecule has 0 bridgehead atoms. The fraction of sp³-hybridized carbons (Fsp3) is 0.250. The van der Waals surface area contributed by atoms with Gasteiger partial charge in [-0.05, 0) is 54.2 Å². The van der Waals surface area contributed by atoms with Crippen molar-refractivity contribution in [2.45, 2.75) is 31.9 Å². The number of benzene rings is 3. The summed E-state index contributed by atoms with van der Waals surface area (Å²) in [5.41, 5.74) is 7.02. The van der Waals surface area contributed by atoms with Crippen LogP contribution < -0.4 is 5.73 Å². The molecule has 0 spiro atoms. The van der Waals surface area contributed by atoms with Crippen molar-refractivity contribution in [1.82, 2.24) is 4.90 Å². The number of carboxylic acids is 1. The summed E-state index contributed by atoms with van der Waals surface area (Å²) in [5, 5.41) is 10.4. The van der Waals surface area contributed by atoms with Gasteiger partial charge in [0.1, 0.15) is 17.8 Å². The van der Waals surface area contributed by atoms with E-state index in [4.69, 9.17) is 22.1 Å². The van der Waals surface area contributed by atoms with Gasteiger partial charge in [-0.15, -0.1) is 0 Å². The molecule has 0 aromatic heterocycles. The molecule has 7 nitrogen and oxygen atoms in total. The maximum absolute atomic E-state index is 14.2. The van der Waals surface area contributed by atoms with Gasteiger partial charge in [0.15, 0.2) is 0 Å². The molecule has 1 aliphatic rings. The summed E-state index contributed by atoms with van der Waals surface area (Å²) in [4.78, 5) is 38.7. The first kappa shape index (κ1) is 26.3. The van der Waals surface area contributed by atoms with Crippen LogP contribution in [-0.2, 0) is 27.4 Å². The number of ether oxygens (including phenoxy) is 1. The number of halogens is 2. The van der Waals surface area contributed by atoms with E-state index in [1.165, 1.54) is 18.2 Å². The summed E-state index contributed by atoms with van der Waals surface area (Å²) in [6, 6.07) is 19.6. The van der Waals surface area contributed by atoms with Crippen molar-refractivity contribution in [1.29, 1.82) is 0 Å². The third-order valence-electron chi connectivity index (χ3n) is 6.55. The summed E-state index contributed by atoms with van der Waals surface area (Å²) in [5.74, 6) is -2.54. The normalized spacial score (nSPS) is 18.0. The number of hydrogen-bond donors (Lipinski definition) is 2. The minimum atomic E-state index is -1.81. The SMILES string of the molecule is N[C@H](Cc1ccc(-c2cc(Cl)ccc2F)cc1)CC1(C(=O)O)CCN(C(=O)OCc2ccccc2)C1=O. The standard InChI is InChI=1S/C28H26ClFN2O5/c29-21-10-11-24(30)23(15-21)20-8-6-18(7-9-20)14-22(31)16-28(26(34)35)12-13-32(25(28)33)27(36)37-17-19-4-2-1-3-5-19/h1-11,15,22H,12-14,16-17,31H2,(H,34,35)/t22-,28?/m1/s1. The molecule has 4 rings (SSSR count). The van der Waals surface area contributed by atoms with Gasteiger partial charge in [-0.3, -0.25) is 9.59 Å². The molecule has 192 valence electrons. The molecule has 1 fully saturated rings. The fourth-order valence-corrected chi connectivity index (χ4v) is 4.75. The van der Waals surface area contributed by atoms with Crippen LogP contribution in [0, 0.1) is 11.2 Å². The van der Waals surface area contributed by atoms with Crippen LogP contribution in [0.2, 0.25) is 5.02 Å². The Hall–Kier alpha value is -3.75. The zero-order valence-corrected chi connectivity index (χ0v) is 20.7. The van der Waals surface area contributed by atoms with Crippen LogP contribution in [0.25, 0.3) is 11.1 Å². The quantitative estimate of drug-likeness (QED) is 0.399. The third kappa shape index (κ3) is 5.81. The molecule has 3 aromatic rings. The zero-order chi connectivity index (χ0) is 26.6. The average Bonchev–Trinajstić information content (AvgIpc) is 3.22. The van der Waals surface area contributed by atoms with E-state index < -0.39 is 35.2 Å². The number of carbonyl (C=O) groups excluding carboxylic acids is 2. The Morgan fingerprint density at radius 1 is 1.08 bits per heavy atom. The molecular formula is C28H26ClFN2O5. The van der Waals surface area contributed by atoms with Crippen LogP contribution in [0.15, 0.2) is 72.8 Å². The smallest absolute Gasteiger partial charge is 0.416 e. The van der Waals surface area contributed by atoms with E-state index in [9.17, 15) is 23.9 Å². The van der Waals surface area contributed by atoms with Gasteiger partial charge in [-0.2, -0.15) is 0 Å². The van der Waals surface area contributed by atoms with Crippen LogP contribution in [0.5, 0.6) is 0 Å². The number of likely N-dealkylation sites (tertiary alicyclic amines) is 1. The van der Waals surface area contributed by atoms with Crippen molar-refractivity contribution in [2.24, 2.45) is 11.1 Å². The summed E-state index contributed by atoms with van der Waals surface area (Å²) in [6.07, 6.45) is -0.787. The van der Waals surface area contributed by atoms with E-state index in [0.717, 1.165) is 16.0 Å². The monoisotopic (exact) mass is 524 g/mol. The minimum Gasteiger partial charge on any atom is -0.480 e. The maximum Gasteiger partial charge on any atom is 0.416 e. The first-order chi connectivity index (χ1) is 17.7. The number of nitrogens with zero attached hydrogens (tertiary/aromatic N) is 1. The molecular weight excluding hydrogens is 499 g/mol. The lowest BCUT2D eigenvalue weighted by atomic mass is 9.79. The summed E-state index contributed by atoms with van der Waals surface area (Å²) in [6.45, 7) is -0.0938. The van der Waals surface area contributed by atoms with E-state index >= 15 is 0 Å². The van der Waals surface area contributed by atoms with Gasteiger partial charge < -0.3 is 15.6 Å². The third-order valence-corrected chi connectivity index (χ3v) is 6.79. The molecule has 2 atom stereocenters. The van der Waals surface area contributed by atoms with Gasteiger partial charge in [-0.25, -0.2) is 14.1 Å². The highest BCUT2D eigenvalue weighted by Crippen LogP contribution is 2.38. The second-order valence-electron chi connectivity index (χ2n) is 9.12. The molecule has 1 aliphatic heterocycles. The molecule has 9 heteroatoms.